The highest BCUT2D eigenvalue weighted by atomic mass is 32.2. The van der Waals surface area contributed by atoms with Crippen LogP contribution in [0.5, 0.6) is 0 Å². The fraction of sp³-hybridized carbons (Fsp3) is 0.600. The first-order chi connectivity index (χ1) is 10.2. The number of hydrogen-bond donors (Lipinski definition) is 0. The van der Waals surface area contributed by atoms with Gasteiger partial charge in [-0.25, -0.2) is 8.42 Å². The summed E-state index contributed by atoms with van der Waals surface area (Å²) in [6.45, 7) is 5.79. The molecule has 0 spiro atoms. The summed E-state index contributed by atoms with van der Waals surface area (Å²) in [5.41, 5.74) is 0.120. The molecule has 1 atom stereocenters. The highest BCUT2D eigenvalue weighted by Crippen LogP contribution is 2.37. The van der Waals surface area contributed by atoms with Gasteiger partial charge >= 0.3 is 5.69 Å². The molecule has 0 amide bonds. The molecular weight excluding hydrogens is 304 g/mol. The molecule has 0 N–H and O–H groups in total. The van der Waals surface area contributed by atoms with E-state index in [1.165, 1.54) is 6.07 Å². The Morgan fingerprint density at radius 1 is 1.41 bits per heavy atom. The monoisotopic (exact) mass is 326 g/mol. The summed E-state index contributed by atoms with van der Waals surface area (Å²) >= 11 is 0. The number of para-hydroxylation sites is 1. The Bertz CT molecular complexity index is 670. The first-order valence-corrected chi connectivity index (χ1v) is 9.31. The SMILES string of the molecule is CC(C)CC1CCN(c2cccc(S(C)(=O)=O)c2[N+](=O)[O-])C1. The Labute approximate surface area is 131 Å². The van der Waals surface area contributed by atoms with E-state index in [1.54, 1.807) is 12.1 Å². The number of anilines is 1. The standard InChI is InChI=1S/C15H22N2O4S/c1-11(2)9-12-7-8-16(10-12)13-5-4-6-14(22(3,20)21)15(13)17(18)19/h4-6,11-12H,7-10H2,1-3H3. The van der Waals surface area contributed by atoms with E-state index in [0.717, 1.165) is 32.2 Å². The summed E-state index contributed by atoms with van der Waals surface area (Å²) in [6, 6.07) is 4.53. The first-order valence-electron chi connectivity index (χ1n) is 7.42. The van der Waals surface area contributed by atoms with E-state index in [2.05, 4.69) is 13.8 Å². The lowest BCUT2D eigenvalue weighted by molar-refractivity contribution is -0.387. The van der Waals surface area contributed by atoms with Crippen LogP contribution in [0, 0.1) is 22.0 Å². The topological polar surface area (TPSA) is 80.5 Å². The van der Waals surface area contributed by atoms with Crippen molar-refractivity contribution in [2.45, 2.75) is 31.6 Å². The van der Waals surface area contributed by atoms with Gasteiger partial charge in [0, 0.05) is 19.3 Å². The molecule has 1 aromatic carbocycles. The predicted molar refractivity (Wildman–Crippen MR) is 86.0 cm³/mol. The van der Waals surface area contributed by atoms with Crippen LogP contribution in [-0.2, 0) is 9.84 Å². The zero-order valence-electron chi connectivity index (χ0n) is 13.2. The van der Waals surface area contributed by atoms with Gasteiger partial charge in [0.2, 0.25) is 0 Å². The molecule has 122 valence electrons. The second-order valence-corrected chi connectivity index (χ2v) is 8.37. The Balaban J connectivity index is 2.38. The maximum Gasteiger partial charge on any atom is 0.311 e. The van der Waals surface area contributed by atoms with Gasteiger partial charge in [-0.3, -0.25) is 10.1 Å². The van der Waals surface area contributed by atoms with Crippen molar-refractivity contribution in [3.63, 3.8) is 0 Å². The lowest BCUT2D eigenvalue weighted by atomic mass is 9.97. The summed E-state index contributed by atoms with van der Waals surface area (Å²) in [5, 5.41) is 11.4. The molecule has 0 saturated carbocycles. The van der Waals surface area contributed by atoms with Crippen molar-refractivity contribution in [1.29, 1.82) is 0 Å². The van der Waals surface area contributed by atoms with Crippen molar-refractivity contribution in [3.05, 3.63) is 28.3 Å². The third kappa shape index (κ3) is 3.58. The van der Waals surface area contributed by atoms with Gasteiger partial charge in [-0.2, -0.15) is 0 Å². The maximum atomic E-state index is 11.8. The van der Waals surface area contributed by atoms with Crippen molar-refractivity contribution in [2.24, 2.45) is 11.8 Å². The van der Waals surface area contributed by atoms with E-state index >= 15 is 0 Å². The molecule has 6 nitrogen and oxygen atoms in total. The molecule has 22 heavy (non-hydrogen) atoms. The van der Waals surface area contributed by atoms with Crippen molar-refractivity contribution >= 4 is 21.2 Å². The zero-order valence-corrected chi connectivity index (χ0v) is 14.0. The van der Waals surface area contributed by atoms with Gasteiger partial charge in [-0.15, -0.1) is 0 Å². The average Bonchev–Trinajstić information content (AvgIpc) is 2.84. The molecule has 2 rings (SSSR count). The summed E-state index contributed by atoms with van der Waals surface area (Å²) in [4.78, 5) is 12.6. The molecule has 0 aromatic heterocycles. The lowest BCUT2D eigenvalue weighted by Crippen LogP contribution is -2.22. The average molecular weight is 326 g/mol. The fourth-order valence-corrected chi connectivity index (χ4v) is 4.02. The maximum absolute atomic E-state index is 11.8. The van der Waals surface area contributed by atoms with Crippen LogP contribution in [0.3, 0.4) is 0 Å². The number of hydrogen-bond acceptors (Lipinski definition) is 5. The van der Waals surface area contributed by atoms with Crippen LogP contribution in [0.15, 0.2) is 23.1 Å². The molecule has 1 fully saturated rings. The second kappa shape index (κ2) is 6.24. The van der Waals surface area contributed by atoms with Crippen molar-refractivity contribution < 1.29 is 13.3 Å². The minimum absolute atomic E-state index is 0.206. The number of sulfone groups is 1. The second-order valence-electron chi connectivity index (χ2n) is 6.38. The van der Waals surface area contributed by atoms with Crippen LogP contribution in [0.1, 0.15) is 26.7 Å². The Hall–Kier alpha value is -1.63. The van der Waals surface area contributed by atoms with Crippen LogP contribution in [0.4, 0.5) is 11.4 Å². The zero-order chi connectivity index (χ0) is 16.5. The summed E-state index contributed by atoms with van der Waals surface area (Å²) < 4.78 is 23.6. The summed E-state index contributed by atoms with van der Waals surface area (Å²) in [6.07, 6.45) is 3.07. The van der Waals surface area contributed by atoms with E-state index in [9.17, 15) is 18.5 Å². The van der Waals surface area contributed by atoms with Crippen LogP contribution in [0.2, 0.25) is 0 Å². The van der Waals surface area contributed by atoms with Crippen LogP contribution in [-0.4, -0.2) is 32.7 Å². The number of nitrogens with zero attached hydrogens (tertiary/aromatic N) is 2. The molecule has 0 aliphatic carbocycles. The van der Waals surface area contributed by atoms with Crippen molar-refractivity contribution in [3.8, 4) is 0 Å². The van der Waals surface area contributed by atoms with E-state index in [-0.39, 0.29) is 10.6 Å². The normalized spacial score (nSPS) is 18.9. The molecule has 1 heterocycles. The first kappa shape index (κ1) is 16.7. The van der Waals surface area contributed by atoms with E-state index < -0.39 is 14.8 Å². The van der Waals surface area contributed by atoms with Crippen LogP contribution >= 0.6 is 0 Å². The van der Waals surface area contributed by atoms with Gasteiger partial charge in [-0.05, 0) is 36.8 Å². The molecule has 1 unspecified atom stereocenters. The molecule has 1 aliphatic rings. The molecular formula is C15H22N2O4S. The third-order valence-corrected chi connectivity index (χ3v) is 5.12. The molecule has 1 saturated heterocycles. The van der Waals surface area contributed by atoms with E-state index in [1.807, 2.05) is 4.90 Å². The van der Waals surface area contributed by atoms with Gasteiger partial charge < -0.3 is 4.90 Å². The van der Waals surface area contributed by atoms with Crippen LogP contribution in [0.25, 0.3) is 0 Å². The smallest absolute Gasteiger partial charge is 0.311 e. The van der Waals surface area contributed by atoms with Gasteiger partial charge in [0.1, 0.15) is 10.6 Å². The molecule has 7 heteroatoms. The molecule has 0 radical (unpaired) electrons. The van der Waals surface area contributed by atoms with Gasteiger partial charge in [0.25, 0.3) is 0 Å². The Morgan fingerprint density at radius 3 is 2.64 bits per heavy atom. The minimum atomic E-state index is -3.63. The van der Waals surface area contributed by atoms with Crippen LogP contribution < -0.4 is 4.90 Å². The van der Waals surface area contributed by atoms with Gasteiger partial charge in [0.05, 0.1) is 4.92 Å². The Kier molecular flexibility index (Phi) is 4.75. The summed E-state index contributed by atoms with van der Waals surface area (Å²) in [5.74, 6) is 1.09. The molecule has 1 aromatic rings. The number of nitro groups is 1. The van der Waals surface area contributed by atoms with Gasteiger partial charge in [-0.1, -0.05) is 19.9 Å². The van der Waals surface area contributed by atoms with Gasteiger partial charge in [0.15, 0.2) is 9.84 Å². The predicted octanol–water partition coefficient (Wildman–Crippen LogP) is 2.87. The third-order valence-electron chi connectivity index (χ3n) is 3.99. The highest BCUT2D eigenvalue weighted by molar-refractivity contribution is 7.90. The van der Waals surface area contributed by atoms with E-state index in [4.69, 9.17) is 0 Å². The highest BCUT2D eigenvalue weighted by Gasteiger charge is 2.32. The van der Waals surface area contributed by atoms with E-state index in [0.29, 0.717) is 17.5 Å². The number of benzene rings is 1. The molecule has 1 aliphatic heterocycles. The minimum Gasteiger partial charge on any atom is -0.366 e. The summed E-state index contributed by atoms with van der Waals surface area (Å²) in [7, 11) is -3.63. The quantitative estimate of drug-likeness (QED) is 0.614. The fourth-order valence-electron chi connectivity index (χ4n) is 3.16. The Morgan fingerprint density at radius 2 is 2.09 bits per heavy atom. The lowest BCUT2D eigenvalue weighted by Gasteiger charge is -2.20. The van der Waals surface area contributed by atoms with Crippen molar-refractivity contribution in [2.75, 3.05) is 24.2 Å². The number of nitro benzene ring substituents is 1. The molecule has 0 bridgehead atoms. The number of rotatable bonds is 5. The van der Waals surface area contributed by atoms with Crippen molar-refractivity contribution in [1.82, 2.24) is 0 Å². The largest absolute Gasteiger partial charge is 0.366 e.